The smallest absolute Gasteiger partial charge is 0.223 e. The minimum atomic E-state index is 0.364. The number of piperidine rings is 1. The van der Waals surface area contributed by atoms with Crippen molar-refractivity contribution in [3.63, 3.8) is 0 Å². The maximum Gasteiger partial charge on any atom is 0.223 e. The largest absolute Gasteiger partial charge is 0.343 e. The summed E-state index contributed by atoms with van der Waals surface area (Å²) in [4.78, 5) is 14.0. The van der Waals surface area contributed by atoms with Crippen LogP contribution in [0.3, 0.4) is 0 Å². The lowest BCUT2D eigenvalue weighted by atomic mass is 9.99. The Hall–Kier alpha value is -0.220. The maximum absolute atomic E-state index is 12.0. The van der Waals surface area contributed by atoms with Crippen molar-refractivity contribution in [1.82, 2.24) is 9.21 Å². The van der Waals surface area contributed by atoms with E-state index in [1.54, 1.807) is 0 Å². The Labute approximate surface area is 109 Å². The summed E-state index contributed by atoms with van der Waals surface area (Å²) in [5, 5.41) is 0. The summed E-state index contributed by atoms with van der Waals surface area (Å²) in [6.07, 6.45) is 5.74. The molecule has 2 rings (SSSR count). The van der Waals surface area contributed by atoms with Crippen molar-refractivity contribution in [3.8, 4) is 0 Å². The van der Waals surface area contributed by atoms with Gasteiger partial charge in [-0.15, -0.1) is 0 Å². The molecule has 0 unspecified atom stereocenters. The van der Waals surface area contributed by atoms with Crippen LogP contribution in [0.15, 0.2) is 0 Å². The average Bonchev–Trinajstić information content (AvgIpc) is 2.83. The number of carbonyl (C=O) groups is 1. The van der Waals surface area contributed by atoms with Gasteiger partial charge in [0.25, 0.3) is 0 Å². The molecule has 17 heavy (non-hydrogen) atoms. The van der Waals surface area contributed by atoms with Crippen LogP contribution in [0.2, 0.25) is 0 Å². The first-order chi connectivity index (χ1) is 8.25. The third-order valence-electron chi connectivity index (χ3n) is 3.79. The van der Waals surface area contributed by atoms with Crippen molar-refractivity contribution in [1.29, 1.82) is 0 Å². The Morgan fingerprint density at radius 1 is 1.18 bits per heavy atom. The minimum absolute atomic E-state index is 0.364. The molecule has 3 nitrogen and oxygen atoms in total. The first kappa shape index (κ1) is 13.2. The van der Waals surface area contributed by atoms with E-state index in [-0.39, 0.29) is 0 Å². The highest BCUT2D eigenvalue weighted by atomic mass is 32.2. The summed E-state index contributed by atoms with van der Waals surface area (Å²) in [6, 6.07) is 0. The molecule has 0 spiro atoms. The molecule has 0 aliphatic carbocycles. The maximum atomic E-state index is 12.0. The highest BCUT2D eigenvalue weighted by molar-refractivity contribution is 7.97. The number of hydrogen-bond acceptors (Lipinski definition) is 3. The topological polar surface area (TPSA) is 23.6 Å². The average molecular weight is 256 g/mol. The first-order valence-electron chi connectivity index (χ1n) is 6.91. The SMILES string of the molecule is CC1CCN(C(=O)CCSN2CCCC2)CC1. The van der Waals surface area contributed by atoms with Gasteiger partial charge in [0.05, 0.1) is 0 Å². The molecule has 0 N–H and O–H groups in total. The Morgan fingerprint density at radius 2 is 1.82 bits per heavy atom. The van der Waals surface area contributed by atoms with Gasteiger partial charge in [0.1, 0.15) is 0 Å². The fraction of sp³-hybridized carbons (Fsp3) is 0.923. The van der Waals surface area contributed by atoms with E-state index < -0.39 is 0 Å². The van der Waals surface area contributed by atoms with Crippen LogP contribution in [0.4, 0.5) is 0 Å². The second-order valence-corrected chi connectivity index (χ2v) is 6.47. The van der Waals surface area contributed by atoms with E-state index in [4.69, 9.17) is 0 Å². The Kier molecular flexibility index (Phi) is 5.16. The molecule has 1 amide bonds. The van der Waals surface area contributed by atoms with Crippen molar-refractivity contribution in [2.75, 3.05) is 31.9 Å². The minimum Gasteiger partial charge on any atom is -0.343 e. The number of carbonyl (C=O) groups excluding carboxylic acids is 1. The molecular formula is C13H24N2OS. The Morgan fingerprint density at radius 3 is 2.47 bits per heavy atom. The number of nitrogens with zero attached hydrogens (tertiary/aromatic N) is 2. The lowest BCUT2D eigenvalue weighted by Gasteiger charge is -2.30. The molecular weight excluding hydrogens is 232 g/mol. The van der Waals surface area contributed by atoms with Crippen LogP contribution in [-0.4, -0.2) is 47.0 Å². The van der Waals surface area contributed by atoms with Crippen LogP contribution < -0.4 is 0 Å². The highest BCUT2D eigenvalue weighted by Gasteiger charge is 2.20. The molecule has 2 aliphatic rings. The number of hydrogen-bond donors (Lipinski definition) is 0. The van der Waals surface area contributed by atoms with Crippen LogP contribution in [0.25, 0.3) is 0 Å². The van der Waals surface area contributed by atoms with Crippen LogP contribution in [0.1, 0.15) is 39.0 Å². The van der Waals surface area contributed by atoms with Gasteiger partial charge in [0, 0.05) is 38.4 Å². The molecule has 2 saturated heterocycles. The molecule has 2 fully saturated rings. The zero-order chi connectivity index (χ0) is 12.1. The number of likely N-dealkylation sites (tertiary alicyclic amines) is 1. The van der Waals surface area contributed by atoms with Gasteiger partial charge in [-0.25, -0.2) is 0 Å². The van der Waals surface area contributed by atoms with Gasteiger partial charge >= 0.3 is 0 Å². The molecule has 0 atom stereocenters. The van der Waals surface area contributed by atoms with Gasteiger partial charge in [0.2, 0.25) is 5.91 Å². The van der Waals surface area contributed by atoms with Gasteiger partial charge in [-0.2, -0.15) is 0 Å². The summed E-state index contributed by atoms with van der Waals surface area (Å²) >= 11 is 1.86. The lowest BCUT2D eigenvalue weighted by molar-refractivity contribution is -0.132. The predicted molar refractivity (Wildman–Crippen MR) is 72.9 cm³/mol. The quantitative estimate of drug-likeness (QED) is 0.722. The van der Waals surface area contributed by atoms with Crippen LogP contribution in [-0.2, 0) is 4.79 Å². The van der Waals surface area contributed by atoms with Crippen molar-refractivity contribution >= 4 is 17.9 Å². The lowest BCUT2D eigenvalue weighted by Crippen LogP contribution is -2.38. The summed E-state index contributed by atoms with van der Waals surface area (Å²) in [5.74, 6) is 2.13. The summed E-state index contributed by atoms with van der Waals surface area (Å²) in [6.45, 7) is 6.66. The normalized spacial score (nSPS) is 23.2. The molecule has 2 heterocycles. The molecule has 2 aliphatic heterocycles. The van der Waals surface area contributed by atoms with Crippen molar-refractivity contribution in [2.45, 2.75) is 39.0 Å². The molecule has 0 saturated carbocycles. The van der Waals surface area contributed by atoms with Gasteiger partial charge in [-0.3, -0.25) is 9.10 Å². The molecule has 0 aromatic carbocycles. The second-order valence-electron chi connectivity index (χ2n) is 5.28. The molecule has 98 valence electrons. The Bertz CT molecular complexity index is 246. The fourth-order valence-corrected chi connectivity index (χ4v) is 3.54. The number of rotatable bonds is 4. The van der Waals surface area contributed by atoms with Crippen molar-refractivity contribution in [2.24, 2.45) is 5.92 Å². The highest BCUT2D eigenvalue weighted by Crippen LogP contribution is 2.20. The molecule has 0 aromatic rings. The molecule has 0 radical (unpaired) electrons. The van der Waals surface area contributed by atoms with Crippen LogP contribution >= 0.6 is 11.9 Å². The van der Waals surface area contributed by atoms with Crippen LogP contribution in [0, 0.1) is 5.92 Å². The van der Waals surface area contributed by atoms with Crippen LogP contribution in [0.5, 0.6) is 0 Å². The zero-order valence-electron chi connectivity index (χ0n) is 10.9. The predicted octanol–water partition coefficient (Wildman–Crippen LogP) is 2.38. The molecule has 4 heteroatoms. The Balaban J connectivity index is 1.60. The molecule has 0 aromatic heterocycles. The van der Waals surface area contributed by atoms with E-state index in [0.717, 1.165) is 31.2 Å². The number of amides is 1. The van der Waals surface area contributed by atoms with Gasteiger partial charge < -0.3 is 4.90 Å². The van der Waals surface area contributed by atoms with E-state index in [1.165, 1.54) is 38.8 Å². The first-order valence-corrected chi connectivity index (χ1v) is 7.85. The van der Waals surface area contributed by atoms with E-state index >= 15 is 0 Å². The third-order valence-corrected chi connectivity index (χ3v) is 4.91. The van der Waals surface area contributed by atoms with E-state index in [9.17, 15) is 4.79 Å². The van der Waals surface area contributed by atoms with Crippen molar-refractivity contribution < 1.29 is 4.79 Å². The summed E-state index contributed by atoms with van der Waals surface area (Å²) in [5.41, 5.74) is 0. The fourth-order valence-electron chi connectivity index (χ4n) is 2.50. The monoisotopic (exact) mass is 256 g/mol. The van der Waals surface area contributed by atoms with Gasteiger partial charge in [-0.05, 0) is 31.6 Å². The molecule has 0 bridgehead atoms. The van der Waals surface area contributed by atoms with Gasteiger partial charge in [-0.1, -0.05) is 18.9 Å². The van der Waals surface area contributed by atoms with Gasteiger partial charge in [0.15, 0.2) is 0 Å². The standard InChI is InChI=1S/C13H24N2OS/c1-12-4-9-14(10-5-12)13(16)6-11-17-15-7-2-3-8-15/h12H,2-11H2,1H3. The van der Waals surface area contributed by atoms with Crippen molar-refractivity contribution in [3.05, 3.63) is 0 Å². The summed E-state index contributed by atoms with van der Waals surface area (Å²) in [7, 11) is 0. The van der Waals surface area contributed by atoms with E-state index in [1.807, 2.05) is 11.9 Å². The summed E-state index contributed by atoms with van der Waals surface area (Å²) < 4.78 is 2.41. The third kappa shape index (κ3) is 4.18. The second kappa shape index (κ2) is 6.64. The van der Waals surface area contributed by atoms with E-state index in [2.05, 4.69) is 16.1 Å². The zero-order valence-corrected chi connectivity index (χ0v) is 11.7. The van der Waals surface area contributed by atoms with E-state index in [0.29, 0.717) is 5.91 Å².